The molecule has 1 aliphatic rings. The number of hydrogen-bond donors (Lipinski definition) is 1. The summed E-state index contributed by atoms with van der Waals surface area (Å²) < 4.78 is 10.1. The molecule has 1 fully saturated rings. The standard InChI is InChI=1S/C18H27N3O3.HI/c1-13-11-14(5-6-16(13)23-3)12-20-18(19-2)21-9-7-15(8-10-21)17(22)24-4;/h5-6,11,15H,7-10,12H2,1-4H3,(H,19,20);1H. The van der Waals surface area contributed by atoms with Gasteiger partial charge in [0.15, 0.2) is 5.96 Å². The second-order valence-corrected chi connectivity index (χ2v) is 5.99. The van der Waals surface area contributed by atoms with E-state index in [1.54, 1.807) is 14.2 Å². The third kappa shape index (κ3) is 5.76. The van der Waals surface area contributed by atoms with Gasteiger partial charge < -0.3 is 19.7 Å². The average Bonchev–Trinajstić information content (AvgIpc) is 2.62. The van der Waals surface area contributed by atoms with Crippen molar-refractivity contribution in [1.29, 1.82) is 0 Å². The molecule has 1 heterocycles. The fraction of sp³-hybridized carbons (Fsp3) is 0.556. The predicted molar refractivity (Wildman–Crippen MR) is 110 cm³/mol. The number of rotatable bonds is 4. The first-order chi connectivity index (χ1) is 11.6. The second-order valence-electron chi connectivity index (χ2n) is 5.99. The van der Waals surface area contributed by atoms with Crippen LogP contribution in [-0.4, -0.2) is 51.2 Å². The summed E-state index contributed by atoms with van der Waals surface area (Å²) in [5.41, 5.74) is 2.30. The number of nitrogens with zero attached hydrogens (tertiary/aromatic N) is 2. The SMILES string of the molecule is CN=C(NCc1ccc(OC)c(C)c1)N1CCC(C(=O)OC)CC1.I. The zero-order valence-electron chi connectivity index (χ0n) is 15.4. The molecule has 0 atom stereocenters. The van der Waals surface area contributed by atoms with E-state index >= 15 is 0 Å². The lowest BCUT2D eigenvalue weighted by atomic mass is 9.97. The maximum absolute atomic E-state index is 11.6. The highest BCUT2D eigenvalue weighted by atomic mass is 127. The van der Waals surface area contributed by atoms with E-state index in [2.05, 4.69) is 27.3 Å². The van der Waals surface area contributed by atoms with Gasteiger partial charge in [0.05, 0.1) is 20.1 Å². The highest BCUT2D eigenvalue weighted by Gasteiger charge is 2.26. The number of carbonyl (C=O) groups is 1. The Kier molecular flexibility index (Phi) is 9.02. The Bertz CT molecular complexity index is 599. The molecule has 1 aliphatic heterocycles. The summed E-state index contributed by atoms with van der Waals surface area (Å²) in [5.74, 6) is 1.67. The molecule has 0 amide bonds. The first-order valence-corrected chi connectivity index (χ1v) is 8.26. The van der Waals surface area contributed by atoms with E-state index in [-0.39, 0.29) is 35.9 Å². The van der Waals surface area contributed by atoms with Crippen LogP contribution in [0.15, 0.2) is 23.2 Å². The van der Waals surface area contributed by atoms with Crippen molar-refractivity contribution in [3.05, 3.63) is 29.3 Å². The first kappa shape index (κ1) is 21.5. The number of ether oxygens (including phenoxy) is 2. The van der Waals surface area contributed by atoms with Gasteiger partial charge in [-0.05, 0) is 37.0 Å². The van der Waals surface area contributed by atoms with Crippen molar-refractivity contribution in [1.82, 2.24) is 10.2 Å². The van der Waals surface area contributed by atoms with Gasteiger partial charge in [-0.15, -0.1) is 24.0 Å². The molecule has 1 N–H and O–H groups in total. The lowest BCUT2D eigenvalue weighted by molar-refractivity contribution is -0.146. The zero-order valence-corrected chi connectivity index (χ0v) is 17.7. The molecule has 0 aliphatic carbocycles. The van der Waals surface area contributed by atoms with Crippen LogP contribution in [0, 0.1) is 12.8 Å². The summed E-state index contributed by atoms with van der Waals surface area (Å²) in [4.78, 5) is 18.2. The largest absolute Gasteiger partial charge is 0.496 e. The fourth-order valence-electron chi connectivity index (χ4n) is 3.06. The van der Waals surface area contributed by atoms with Gasteiger partial charge in [0.25, 0.3) is 0 Å². The number of methoxy groups -OCH3 is 2. The number of benzene rings is 1. The minimum Gasteiger partial charge on any atom is -0.496 e. The number of carbonyl (C=O) groups excluding carboxylic acids is 1. The van der Waals surface area contributed by atoms with Gasteiger partial charge in [0, 0.05) is 26.7 Å². The van der Waals surface area contributed by atoms with E-state index in [1.807, 2.05) is 13.0 Å². The van der Waals surface area contributed by atoms with E-state index in [0.29, 0.717) is 6.54 Å². The molecule has 6 nitrogen and oxygen atoms in total. The van der Waals surface area contributed by atoms with E-state index < -0.39 is 0 Å². The van der Waals surface area contributed by atoms with Crippen LogP contribution in [0.3, 0.4) is 0 Å². The Labute approximate surface area is 167 Å². The van der Waals surface area contributed by atoms with Crippen molar-refractivity contribution in [3.8, 4) is 5.75 Å². The molecule has 0 aromatic heterocycles. The van der Waals surface area contributed by atoms with Crippen LogP contribution in [0.25, 0.3) is 0 Å². The molecular weight excluding hydrogens is 433 g/mol. The summed E-state index contributed by atoms with van der Waals surface area (Å²) >= 11 is 0. The molecular formula is C18H28IN3O3. The number of aryl methyl sites for hydroxylation is 1. The van der Waals surface area contributed by atoms with Gasteiger partial charge in [0.2, 0.25) is 0 Å². The fourth-order valence-corrected chi connectivity index (χ4v) is 3.06. The van der Waals surface area contributed by atoms with E-state index in [1.165, 1.54) is 12.7 Å². The topological polar surface area (TPSA) is 63.2 Å². The summed E-state index contributed by atoms with van der Waals surface area (Å²) in [6.07, 6.45) is 1.60. The highest BCUT2D eigenvalue weighted by Crippen LogP contribution is 2.20. The molecule has 1 aromatic rings. The Morgan fingerprint density at radius 1 is 1.32 bits per heavy atom. The summed E-state index contributed by atoms with van der Waals surface area (Å²) in [5, 5.41) is 3.40. The van der Waals surface area contributed by atoms with Crippen LogP contribution in [0.4, 0.5) is 0 Å². The van der Waals surface area contributed by atoms with Crippen molar-refractivity contribution in [2.45, 2.75) is 26.3 Å². The van der Waals surface area contributed by atoms with Crippen LogP contribution >= 0.6 is 24.0 Å². The number of piperidine rings is 1. The van der Waals surface area contributed by atoms with Crippen LogP contribution in [0.1, 0.15) is 24.0 Å². The quantitative estimate of drug-likeness (QED) is 0.323. The number of nitrogens with one attached hydrogen (secondary N) is 1. The van der Waals surface area contributed by atoms with Crippen molar-refractivity contribution in [3.63, 3.8) is 0 Å². The Balaban J connectivity index is 0.00000312. The van der Waals surface area contributed by atoms with Gasteiger partial charge in [-0.25, -0.2) is 0 Å². The molecule has 2 rings (SSSR count). The van der Waals surface area contributed by atoms with Gasteiger partial charge >= 0.3 is 5.97 Å². The lowest BCUT2D eigenvalue weighted by Gasteiger charge is -2.33. The maximum Gasteiger partial charge on any atom is 0.308 e. The molecule has 0 unspecified atom stereocenters. The molecule has 25 heavy (non-hydrogen) atoms. The number of guanidine groups is 1. The third-order valence-corrected chi connectivity index (χ3v) is 4.45. The van der Waals surface area contributed by atoms with Crippen LogP contribution < -0.4 is 10.1 Å². The van der Waals surface area contributed by atoms with Crippen molar-refractivity contribution < 1.29 is 14.3 Å². The molecule has 0 spiro atoms. The number of likely N-dealkylation sites (tertiary alicyclic amines) is 1. The predicted octanol–water partition coefficient (Wildman–Crippen LogP) is 2.58. The van der Waals surface area contributed by atoms with E-state index in [9.17, 15) is 4.79 Å². The smallest absolute Gasteiger partial charge is 0.308 e. The van der Waals surface area contributed by atoms with E-state index in [0.717, 1.165) is 43.2 Å². The first-order valence-electron chi connectivity index (χ1n) is 8.26. The van der Waals surface area contributed by atoms with Crippen LogP contribution in [0.5, 0.6) is 5.75 Å². The van der Waals surface area contributed by atoms with Gasteiger partial charge in [-0.2, -0.15) is 0 Å². The highest BCUT2D eigenvalue weighted by molar-refractivity contribution is 14.0. The summed E-state index contributed by atoms with van der Waals surface area (Å²) in [7, 11) is 4.92. The molecule has 7 heteroatoms. The van der Waals surface area contributed by atoms with Gasteiger partial charge in [-0.1, -0.05) is 12.1 Å². The summed E-state index contributed by atoms with van der Waals surface area (Å²) in [6, 6.07) is 6.15. The van der Waals surface area contributed by atoms with Crippen LogP contribution in [-0.2, 0) is 16.1 Å². The maximum atomic E-state index is 11.6. The molecule has 140 valence electrons. The lowest BCUT2D eigenvalue weighted by Crippen LogP contribution is -2.46. The number of halogens is 1. The second kappa shape index (κ2) is 10.5. The molecule has 0 radical (unpaired) electrons. The van der Waals surface area contributed by atoms with E-state index in [4.69, 9.17) is 9.47 Å². The van der Waals surface area contributed by atoms with Crippen molar-refractivity contribution in [2.24, 2.45) is 10.9 Å². The van der Waals surface area contributed by atoms with Crippen molar-refractivity contribution in [2.75, 3.05) is 34.4 Å². The number of esters is 1. The summed E-state index contributed by atoms with van der Waals surface area (Å²) in [6.45, 7) is 4.35. The average molecular weight is 461 g/mol. The molecule has 0 saturated carbocycles. The van der Waals surface area contributed by atoms with Gasteiger partial charge in [0.1, 0.15) is 5.75 Å². The number of hydrogen-bond acceptors (Lipinski definition) is 4. The normalized spacial score (nSPS) is 15.4. The number of aliphatic imine (C=N–C) groups is 1. The minimum atomic E-state index is -0.105. The minimum absolute atomic E-state index is 0. The Morgan fingerprint density at radius 3 is 2.52 bits per heavy atom. The Morgan fingerprint density at radius 2 is 2.00 bits per heavy atom. The molecule has 0 bridgehead atoms. The zero-order chi connectivity index (χ0) is 17.5. The molecule has 1 aromatic carbocycles. The van der Waals surface area contributed by atoms with Gasteiger partial charge in [-0.3, -0.25) is 9.79 Å². The Hall–Kier alpha value is -1.51. The molecule has 1 saturated heterocycles. The monoisotopic (exact) mass is 461 g/mol. The third-order valence-electron chi connectivity index (χ3n) is 4.45. The van der Waals surface area contributed by atoms with Crippen molar-refractivity contribution >= 4 is 35.9 Å². The van der Waals surface area contributed by atoms with Crippen LogP contribution in [0.2, 0.25) is 0 Å².